The van der Waals surface area contributed by atoms with E-state index in [1.807, 2.05) is 0 Å². The number of hydrogen-bond donors (Lipinski definition) is 1. The highest BCUT2D eigenvalue weighted by Crippen LogP contribution is 2.19. The predicted octanol–water partition coefficient (Wildman–Crippen LogP) is 3.57. The lowest BCUT2D eigenvalue weighted by molar-refractivity contribution is 0.102. The second-order valence-electron chi connectivity index (χ2n) is 3.88. The Bertz CT molecular complexity index is 647. The maximum atomic E-state index is 13.6. The highest BCUT2D eigenvalue weighted by molar-refractivity contribution is 6.29. The van der Waals surface area contributed by atoms with Crippen molar-refractivity contribution in [1.82, 2.24) is 4.98 Å². The molecule has 0 aliphatic carbocycles. The lowest BCUT2D eigenvalue weighted by atomic mass is 10.2. The molecular formula is C13H9ClF2N2O. The average Bonchev–Trinajstić information content (AvgIpc) is 2.36. The van der Waals surface area contributed by atoms with Gasteiger partial charge in [-0.2, -0.15) is 0 Å². The van der Waals surface area contributed by atoms with Crippen molar-refractivity contribution in [2.45, 2.75) is 6.92 Å². The van der Waals surface area contributed by atoms with Crippen LogP contribution in [-0.4, -0.2) is 10.9 Å². The van der Waals surface area contributed by atoms with Crippen molar-refractivity contribution >= 4 is 23.2 Å². The molecule has 1 aromatic heterocycles. The second-order valence-corrected chi connectivity index (χ2v) is 4.27. The van der Waals surface area contributed by atoms with Gasteiger partial charge in [-0.3, -0.25) is 4.79 Å². The van der Waals surface area contributed by atoms with Gasteiger partial charge < -0.3 is 5.32 Å². The number of nitrogens with zero attached hydrogens (tertiary/aromatic N) is 1. The Morgan fingerprint density at radius 2 is 2.00 bits per heavy atom. The van der Waals surface area contributed by atoms with E-state index >= 15 is 0 Å². The van der Waals surface area contributed by atoms with Gasteiger partial charge in [-0.15, -0.1) is 0 Å². The van der Waals surface area contributed by atoms with Crippen LogP contribution >= 0.6 is 11.6 Å². The summed E-state index contributed by atoms with van der Waals surface area (Å²) in [7, 11) is 0. The molecule has 0 atom stereocenters. The summed E-state index contributed by atoms with van der Waals surface area (Å²) in [6.07, 6.45) is 0. The van der Waals surface area contributed by atoms with Crippen LogP contribution < -0.4 is 5.32 Å². The first-order valence-corrected chi connectivity index (χ1v) is 5.74. The maximum Gasteiger partial charge on any atom is 0.274 e. The van der Waals surface area contributed by atoms with Crippen molar-refractivity contribution < 1.29 is 13.6 Å². The van der Waals surface area contributed by atoms with Crippen molar-refractivity contribution in [3.8, 4) is 0 Å². The van der Waals surface area contributed by atoms with E-state index in [-0.39, 0.29) is 22.1 Å². The zero-order chi connectivity index (χ0) is 14.0. The highest BCUT2D eigenvalue weighted by Gasteiger charge is 2.13. The Kier molecular flexibility index (Phi) is 3.76. The third kappa shape index (κ3) is 3.06. The van der Waals surface area contributed by atoms with Crippen molar-refractivity contribution in [2.24, 2.45) is 0 Å². The number of rotatable bonds is 2. The zero-order valence-corrected chi connectivity index (χ0v) is 10.6. The molecular weight excluding hydrogens is 274 g/mol. The number of aryl methyl sites for hydroxylation is 1. The van der Waals surface area contributed by atoms with Crippen molar-refractivity contribution in [3.63, 3.8) is 0 Å². The number of amides is 1. The predicted molar refractivity (Wildman–Crippen MR) is 68.3 cm³/mol. The first-order chi connectivity index (χ1) is 8.97. The molecule has 1 N–H and O–H groups in total. The van der Waals surface area contributed by atoms with E-state index in [4.69, 9.17) is 11.6 Å². The van der Waals surface area contributed by atoms with Crippen LogP contribution in [0.4, 0.5) is 14.5 Å². The van der Waals surface area contributed by atoms with Gasteiger partial charge in [0.2, 0.25) is 0 Å². The van der Waals surface area contributed by atoms with E-state index < -0.39 is 17.5 Å². The Morgan fingerprint density at radius 3 is 2.68 bits per heavy atom. The third-order valence-corrected chi connectivity index (χ3v) is 2.65. The smallest absolute Gasteiger partial charge is 0.274 e. The Hall–Kier alpha value is -2.01. The molecule has 98 valence electrons. The SMILES string of the molecule is Cc1cc(F)c(NC(=O)c2cccc(Cl)n2)cc1F. The molecule has 19 heavy (non-hydrogen) atoms. The molecule has 0 saturated carbocycles. The summed E-state index contributed by atoms with van der Waals surface area (Å²) in [6, 6.07) is 6.40. The van der Waals surface area contributed by atoms with Crippen LogP contribution in [0.25, 0.3) is 0 Å². The summed E-state index contributed by atoms with van der Waals surface area (Å²) in [5.41, 5.74) is -0.0564. The summed E-state index contributed by atoms with van der Waals surface area (Å²) < 4.78 is 26.9. The van der Waals surface area contributed by atoms with E-state index in [1.54, 1.807) is 0 Å². The lowest BCUT2D eigenvalue weighted by Crippen LogP contribution is -2.15. The van der Waals surface area contributed by atoms with Crippen molar-refractivity contribution in [2.75, 3.05) is 5.32 Å². The van der Waals surface area contributed by atoms with E-state index in [9.17, 15) is 13.6 Å². The molecule has 0 radical (unpaired) electrons. The number of carbonyl (C=O) groups excluding carboxylic acids is 1. The van der Waals surface area contributed by atoms with Crippen LogP contribution in [0, 0.1) is 18.6 Å². The van der Waals surface area contributed by atoms with Crippen LogP contribution in [0.1, 0.15) is 16.1 Å². The Morgan fingerprint density at radius 1 is 1.26 bits per heavy atom. The quantitative estimate of drug-likeness (QED) is 0.856. The number of nitrogens with one attached hydrogen (secondary N) is 1. The van der Waals surface area contributed by atoms with Crippen LogP contribution in [0.15, 0.2) is 30.3 Å². The fraction of sp³-hybridized carbons (Fsp3) is 0.0769. The Balaban J connectivity index is 2.27. The van der Waals surface area contributed by atoms with Crippen molar-refractivity contribution in [3.05, 3.63) is 58.4 Å². The van der Waals surface area contributed by atoms with Gasteiger partial charge in [0.15, 0.2) is 0 Å². The number of carbonyl (C=O) groups is 1. The molecule has 2 aromatic rings. The van der Waals surface area contributed by atoms with E-state index in [2.05, 4.69) is 10.3 Å². The first-order valence-electron chi connectivity index (χ1n) is 5.37. The van der Waals surface area contributed by atoms with E-state index in [0.29, 0.717) is 0 Å². The zero-order valence-electron chi connectivity index (χ0n) is 9.88. The van der Waals surface area contributed by atoms with Crippen LogP contribution in [0.5, 0.6) is 0 Å². The molecule has 0 aliphatic heterocycles. The van der Waals surface area contributed by atoms with E-state index in [1.165, 1.54) is 25.1 Å². The van der Waals surface area contributed by atoms with Gasteiger partial charge in [0, 0.05) is 6.07 Å². The minimum atomic E-state index is -0.714. The molecule has 0 spiro atoms. The van der Waals surface area contributed by atoms with Crippen LogP contribution in [0.3, 0.4) is 0 Å². The number of pyridine rings is 1. The van der Waals surface area contributed by atoms with Gasteiger partial charge >= 0.3 is 0 Å². The number of benzene rings is 1. The summed E-state index contributed by atoms with van der Waals surface area (Å²) in [6.45, 7) is 1.43. The summed E-state index contributed by atoms with van der Waals surface area (Å²) in [5, 5.41) is 2.39. The number of aromatic nitrogens is 1. The third-order valence-electron chi connectivity index (χ3n) is 2.44. The standard InChI is InChI=1S/C13H9ClF2N2O/c1-7-5-9(16)11(6-8(7)15)18-13(19)10-3-2-4-12(14)17-10/h2-6H,1H3,(H,18,19). The molecule has 0 unspecified atom stereocenters. The average molecular weight is 283 g/mol. The lowest BCUT2D eigenvalue weighted by Gasteiger charge is -2.07. The normalized spacial score (nSPS) is 10.3. The topological polar surface area (TPSA) is 42.0 Å². The maximum absolute atomic E-state index is 13.6. The molecule has 1 aromatic carbocycles. The molecule has 2 rings (SSSR count). The molecule has 0 fully saturated rings. The monoisotopic (exact) mass is 282 g/mol. The first kappa shape index (κ1) is 13.4. The Labute approximate surface area is 113 Å². The number of anilines is 1. The fourth-order valence-electron chi connectivity index (χ4n) is 1.46. The van der Waals surface area contributed by atoms with Gasteiger partial charge in [-0.1, -0.05) is 17.7 Å². The summed E-state index contributed by atoms with van der Waals surface area (Å²) >= 11 is 5.64. The molecule has 1 heterocycles. The largest absolute Gasteiger partial charge is 0.318 e. The molecule has 1 amide bonds. The van der Waals surface area contributed by atoms with Crippen molar-refractivity contribution in [1.29, 1.82) is 0 Å². The van der Waals surface area contributed by atoms with E-state index in [0.717, 1.165) is 12.1 Å². The van der Waals surface area contributed by atoms with Gasteiger partial charge in [-0.25, -0.2) is 13.8 Å². The van der Waals surface area contributed by atoms with Crippen LogP contribution in [-0.2, 0) is 0 Å². The van der Waals surface area contributed by atoms with Crippen LogP contribution in [0.2, 0.25) is 5.15 Å². The molecule has 0 bridgehead atoms. The molecule has 6 heteroatoms. The second kappa shape index (κ2) is 5.32. The fourth-order valence-corrected chi connectivity index (χ4v) is 1.63. The highest BCUT2D eigenvalue weighted by atomic mass is 35.5. The number of halogens is 3. The van der Waals surface area contributed by atoms with Gasteiger partial charge in [-0.05, 0) is 30.7 Å². The van der Waals surface area contributed by atoms with Gasteiger partial charge in [0.05, 0.1) is 5.69 Å². The molecule has 0 saturated heterocycles. The van der Waals surface area contributed by atoms with Gasteiger partial charge in [0.1, 0.15) is 22.5 Å². The minimum absolute atomic E-state index is 0.0212. The summed E-state index contributed by atoms with van der Waals surface area (Å²) in [4.78, 5) is 15.6. The molecule has 0 aliphatic rings. The number of hydrogen-bond acceptors (Lipinski definition) is 2. The molecule has 3 nitrogen and oxygen atoms in total. The summed E-state index contributed by atoms with van der Waals surface area (Å²) in [5.74, 6) is -1.98. The minimum Gasteiger partial charge on any atom is -0.318 e. The van der Waals surface area contributed by atoms with Gasteiger partial charge in [0.25, 0.3) is 5.91 Å².